The summed E-state index contributed by atoms with van der Waals surface area (Å²) < 4.78 is 0. The molecule has 130 valence electrons. The number of hydrogen-bond acceptors (Lipinski definition) is 5. The molecule has 0 radical (unpaired) electrons. The maximum Gasteiger partial charge on any atom is 0.267 e. The van der Waals surface area contributed by atoms with E-state index < -0.39 is 5.91 Å². The van der Waals surface area contributed by atoms with Gasteiger partial charge in [0.1, 0.15) is 5.69 Å². The second-order valence-corrected chi connectivity index (χ2v) is 5.54. The molecule has 2 amide bonds. The molecule has 0 saturated carbocycles. The van der Waals surface area contributed by atoms with Gasteiger partial charge in [-0.05, 0) is 42.0 Å². The van der Waals surface area contributed by atoms with Gasteiger partial charge in [-0.1, -0.05) is 12.1 Å². The van der Waals surface area contributed by atoms with Crippen molar-refractivity contribution in [3.8, 4) is 0 Å². The number of rotatable bonds is 6. The largest absolute Gasteiger partial charge is 0.381 e. The highest BCUT2D eigenvalue weighted by Crippen LogP contribution is 2.15. The Morgan fingerprint density at radius 1 is 0.962 bits per heavy atom. The summed E-state index contributed by atoms with van der Waals surface area (Å²) in [6.07, 6.45) is 4.67. The number of carbonyl (C=O) groups excluding carboxylic acids is 2. The lowest BCUT2D eigenvalue weighted by atomic mass is 10.2. The van der Waals surface area contributed by atoms with Crippen LogP contribution in [0.3, 0.4) is 0 Å². The maximum absolute atomic E-state index is 12.2. The average molecular weight is 347 g/mol. The van der Waals surface area contributed by atoms with E-state index in [1.54, 1.807) is 36.7 Å². The highest BCUT2D eigenvalue weighted by atomic mass is 16.2. The third-order valence-electron chi connectivity index (χ3n) is 3.64. The first-order valence-electron chi connectivity index (χ1n) is 7.92. The number of carbonyl (C=O) groups is 2. The van der Waals surface area contributed by atoms with E-state index in [-0.39, 0.29) is 11.6 Å². The fraction of sp³-hybridized carbons (Fsp3) is 0.0526. The van der Waals surface area contributed by atoms with E-state index in [0.717, 1.165) is 11.3 Å². The summed E-state index contributed by atoms with van der Waals surface area (Å²) in [4.78, 5) is 31.2. The van der Waals surface area contributed by atoms with Gasteiger partial charge in [0.25, 0.3) is 11.8 Å². The molecule has 3 aromatic rings. The molecule has 0 aliphatic carbocycles. The summed E-state index contributed by atoms with van der Waals surface area (Å²) in [6.45, 7) is 0.515. The SMILES string of the molecule is NC(=O)c1cc(NCc2cccc(NC(=O)c3ccncc3)c2)ccn1. The predicted molar refractivity (Wildman–Crippen MR) is 98.7 cm³/mol. The number of anilines is 2. The number of benzene rings is 1. The number of nitrogens with one attached hydrogen (secondary N) is 2. The van der Waals surface area contributed by atoms with Crippen molar-refractivity contribution in [1.29, 1.82) is 0 Å². The quantitative estimate of drug-likeness (QED) is 0.634. The number of primary amides is 1. The monoisotopic (exact) mass is 347 g/mol. The smallest absolute Gasteiger partial charge is 0.267 e. The molecule has 1 aromatic carbocycles. The standard InChI is InChI=1S/C19H17N5O2/c20-18(25)17-11-15(6-9-22-17)23-12-13-2-1-3-16(10-13)24-19(26)14-4-7-21-8-5-14/h1-11H,12H2,(H2,20,25)(H,22,23)(H,24,26). The van der Waals surface area contributed by atoms with Crippen molar-refractivity contribution in [2.75, 3.05) is 10.6 Å². The molecular weight excluding hydrogens is 330 g/mol. The van der Waals surface area contributed by atoms with Crippen LogP contribution in [0.15, 0.2) is 67.1 Å². The van der Waals surface area contributed by atoms with E-state index in [4.69, 9.17) is 5.73 Å². The van der Waals surface area contributed by atoms with Crippen molar-refractivity contribution >= 4 is 23.2 Å². The summed E-state index contributed by atoms with van der Waals surface area (Å²) >= 11 is 0. The molecule has 0 unspecified atom stereocenters. The van der Waals surface area contributed by atoms with E-state index in [1.165, 1.54) is 6.20 Å². The molecule has 3 rings (SSSR count). The number of pyridine rings is 2. The third-order valence-corrected chi connectivity index (χ3v) is 3.64. The first-order valence-corrected chi connectivity index (χ1v) is 7.92. The molecule has 2 aromatic heterocycles. The van der Waals surface area contributed by atoms with E-state index >= 15 is 0 Å². The fourth-order valence-corrected chi connectivity index (χ4v) is 2.34. The van der Waals surface area contributed by atoms with Crippen LogP contribution < -0.4 is 16.4 Å². The zero-order chi connectivity index (χ0) is 18.4. The molecule has 7 nitrogen and oxygen atoms in total. The van der Waals surface area contributed by atoms with Crippen molar-refractivity contribution in [3.63, 3.8) is 0 Å². The van der Waals surface area contributed by atoms with Gasteiger partial charge in [-0.2, -0.15) is 0 Å². The molecule has 7 heteroatoms. The summed E-state index contributed by atoms with van der Waals surface area (Å²) in [6, 6.07) is 14.1. The highest BCUT2D eigenvalue weighted by molar-refractivity contribution is 6.04. The molecule has 2 heterocycles. The molecule has 0 atom stereocenters. The number of nitrogens with zero attached hydrogens (tertiary/aromatic N) is 2. The Morgan fingerprint density at radius 3 is 2.54 bits per heavy atom. The van der Waals surface area contributed by atoms with Crippen molar-refractivity contribution in [1.82, 2.24) is 9.97 Å². The molecule has 0 spiro atoms. The Labute approximate surface area is 150 Å². The van der Waals surface area contributed by atoms with Gasteiger partial charge in [-0.15, -0.1) is 0 Å². The van der Waals surface area contributed by atoms with E-state index in [0.29, 0.717) is 17.8 Å². The summed E-state index contributed by atoms with van der Waals surface area (Å²) in [5, 5.41) is 6.05. The van der Waals surface area contributed by atoms with Gasteiger partial charge >= 0.3 is 0 Å². The Hall–Kier alpha value is -3.74. The highest BCUT2D eigenvalue weighted by Gasteiger charge is 2.06. The molecule has 0 saturated heterocycles. The van der Waals surface area contributed by atoms with Crippen LogP contribution in [0.1, 0.15) is 26.4 Å². The van der Waals surface area contributed by atoms with Crippen LogP contribution in [0.5, 0.6) is 0 Å². The van der Waals surface area contributed by atoms with Gasteiger partial charge in [0.05, 0.1) is 0 Å². The number of nitrogens with two attached hydrogens (primary N) is 1. The molecule has 4 N–H and O–H groups in total. The topological polar surface area (TPSA) is 110 Å². The van der Waals surface area contributed by atoms with Crippen molar-refractivity contribution in [2.24, 2.45) is 5.73 Å². The second-order valence-electron chi connectivity index (χ2n) is 5.54. The van der Waals surface area contributed by atoms with E-state index in [2.05, 4.69) is 20.6 Å². The van der Waals surface area contributed by atoms with Gasteiger partial charge < -0.3 is 16.4 Å². The van der Waals surface area contributed by atoms with Crippen molar-refractivity contribution in [3.05, 3.63) is 83.9 Å². The van der Waals surface area contributed by atoms with Crippen LogP contribution in [-0.4, -0.2) is 21.8 Å². The first-order chi connectivity index (χ1) is 12.6. The molecule has 26 heavy (non-hydrogen) atoms. The van der Waals surface area contributed by atoms with Gasteiger partial charge in [0.15, 0.2) is 0 Å². The Bertz CT molecular complexity index is 928. The van der Waals surface area contributed by atoms with Crippen LogP contribution >= 0.6 is 0 Å². The Balaban J connectivity index is 1.65. The Morgan fingerprint density at radius 2 is 1.77 bits per heavy atom. The number of amides is 2. The van der Waals surface area contributed by atoms with Crippen LogP contribution in [0.2, 0.25) is 0 Å². The molecule has 0 fully saturated rings. The number of aromatic nitrogens is 2. The van der Waals surface area contributed by atoms with Gasteiger partial charge in [-0.3, -0.25) is 19.6 Å². The second kappa shape index (κ2) is 7.89. The van der Waals surface area contributed by atoms with Gasteiger partial charge in [0, 0.05) is 42.1 Å². The fourth-order valence-electron chi connectivity index (χ4n) is 2.34. The lowest BCUT2D eigenvalue weighted by molar-refractivity contribution is 0.0993. The zero-order valence-electron chi connectivity index (χ0n) is 13.8. The van der Waals surface area contributed by atoms with Gasteiger partial charge in [-0.25, -0.2) is 0 Å². The predicted octanol–water partition coefficient (Wildman–Crippen LogP) is 2.44. The van der Waals surface area contributed by atoms with Gasteiger partial charge in [0.2, 0.25) is 0 Å². The first kappa shape index (κ1) is 17.1. The molecular formula is C19H17N5O2. The summed E-state index contributed by atoms with van der Waals surface area (Å²) in [5.41, 5.74) is 8.37. The average Bonchev–Trinajstić information content (AvgIpc) is 2.67. The van der Waals surface area contributed by atoms with Crippen LogP contribution in [0.25, 0.3) is 0 Å². The van der Waals surface area contributed by atoms with E-state index in [9.17, 15) is 9.59 Å². The lowest BCUT2D eigenvalue weighted by Crippen LogP contribution is -2.13. The van der Waals surface area contributed by atoms with Crippen molar-refractivity contribution in [2.45, 2.75) is 6.54 Å². The van der Waals surface area contributed by atoms with Crippen molar-refractivity contribution < 1.29 is 9.59 Å². The zero-order valence-corrected chi connectivity index (χ0v) is 13.8. The van der Waals surface area contributed by atoms with Crippen LogP contribution in [0.4, 0.5) is 11.4 Å². The minimum Gasteiger partial charge on any atom is -0.381 e. The van der Waals surface area contributed by atoms with Crippen LogP contribution in [0, 0.1) is 0 Å². The minimum atomic E-state index is -0.575. The van der Waals surface area contributed by atoms with E-state index in [1.807, 2.05) is 24.3 Å². The minimum absolute atomic E-state index is 0.197. The molecule has 0 aliphatic rings. The molecule has 0 aliphatic heterocycles. The summed E-state index contributed by atoms with van der Waals surface area (Å²) in [7, 11) is 0. The molecule has 0 bridgehead atoms. The Kier molecular flexibility index (Phi) is 5.19. The normalized spacial score (nSPS) is 10.2. The maximum atomic E-state index is 12.2. The number of hydrogen-bond donors (Lipinski definition) is 3. The third kappa shape index (κ3) is 4.41. The summed E-state index contributed by atoms with van der Waals surface area (Å²) in [5.74, 6) is -0.771. The lowest BCUT2D eigenvalue weighted by Gasteiger charge is -2.10. The van der Waals surface area contributed by atoms with Crippen LogP contribution in [-0.2, 0) is 6.54 Å².